The van der Waals surface area contributed by atoms with Gasteiger partial charge in [-0.05, 0) is 25.1 Å². The van der Waals surface area contributed by atoms with Crippen LogP contribution in [0.1, 0.15) is 11.7 Å². The largest absolute Gasteiger partial charge is 0.489 e. The molecule has 0 amide bonds. The van der Waals surface area contributed by atoms with E-state index in [1.54, 1.807) is 25.1 Å². The maximum absolute atomic E-state index is 9.82. The van der Waals surface area contributed by atoms with Crippen molar-refractivity contribution >= 4 is 23.2 Å². The van der Waals surface area contributed by atoms with E-state index in [0.717, 1.165) is 0 Å². The van der Waals surface area contributed by atoms with Crippen LogP contribution in [0.2, 0.25) is 10.0 Å². The highest BCUT2D eigenvalue weighted by molar-refractivity contribution is 6.35. The Balaban J connectivity index is 1.70. The smallest absolute Gasteiger partial charge is 0.240 e. The van der Waals surface area contributed by atoms with E-state index in [0.29, 0.717) is 40.6 Å². The SMILES string of the molecule is Cc1noc(CNCC(O)COc2ccc(Cl)cc2Cl)n1. The molecule has 0 aliphatic rings. The summed E-state index contributed by atoms with van der Waals surface area (Å²) in [5.41, 5.74) is 0. The molecule has 114 valence electrons. The molecule has 1 unspecified atom stereocenters. The molecule has 2 N–H and O–H groups in total. The molecular formula is C13H15Cl2N3O3. The Morgan fingerprint density at radius 1 is 1.43 bits per heavy atom. The van der Waals surface area contributed by atoms with Gasteiger partial charge in [0, 0.05) is 11.6 Å². The normalized spacial score (nSPS) is 12.4. The van der Waals surface area contributed by atoms with Crippen LogP contribution < -0.4 is 10.1 Å². The summed E-state index contributed by atoms with van der Waals surface area (Å²) in [6, 6.07) is 4.92. The third kappa shape index (κ3) is 5.17. The van der Waals surface area contributed by atoms with Gasteiger partial charge in [0.1, 0.15) is 18.5 Å². The Bertz CT molecular complexity index is 592. The number of nitrogens with one attached hydrogen (secondary N) is 1. The zero-order valence-electron chi connectivity index (χ0n) is 11.3. The number of hydrogen-bond acceptors (Lipinski definition) is 6. The van der Waals surface area contributed by atoms with Crippen LogP contribution in [0.3, 0.4) is 0 Å². The van der Waals surface area contributed by atoms with Crippen molar-refractivity contribution in [3.05, 3.63) is 40.0 Å². The van der Waals surface area contributed by atoms with E-state index in [9.17, 15) is 5.11 Å². The number of aliphatic hydroxyl groups excluding tert-OH is 1. The van der Waals surface area contributed by atoms with Crippen molar-refractivity contribution in [3.8, 4) is 5.75 Å². The first kappa shape index (κ1) is 16.0. The molecule has 0 spiro atoms. The van der Waals surface area contributed by atoms with Gasteiger partial charge in [0.05, 0.1) is 11.6 Å². The van der Waals surface area contributed by atoms with E-state index in [1.807, 2.05) is 0 Å². The van der Waals surface area contributed by atoms with Crippen LogP contribution >= 0.6 is 23.2 Å². The summed E-state index contributed by atoms with van der Waals surface area (Å²) in [7, 11) is 0. The maximum atomic E-state index is 9.82. The lowest BCUT2D eigenvalue weighted by Gasteiger charge is -2.13. The molecule has 0 saturated carbocycles. The quantitative estimate of drug-likeness (QED) is 0.809. The van der Waals surface area contributed by atoms with Gasteiger partial charge >= 0.3 is 0 Å². The minimum absolute atomic E-state index is 0.108. The van der Waals surface area contributed by atoms with Crippen LogP contribution in [0.5, 0.6) is 5.75 Å². The van der Waals surface area contributed by atoms with Crippen LogP contribution in [-0.2, 0) is 6.54 Å². The summed E-state index contributed by atoms with van der Waals surface area (Å²) in [5, 5.41) is 17.4. The molecule has 0 aliphatic heterocycles. The molecule has 1 atom stereocenters. The van der Waals surface area contributed by atoms with Crippen LogP contribution in [0, 0.1) is 6.92 Å². The second kappa shape index (κ2) is 7.61. The van der Waals surface area contributed by atoms with E-state index >= 15 is 0 Å². The Morgan fingerprint density at radius 2 is 2.24 bits per heavy atom. The zero-order chi connectivity index (χ0) is 15.2. The lowest BCUT2D eigenvalue weighted by molar-refractivity contribution is 0.105. The summed E-state index contributed by atoms with van der Waals surface area (Å²) in [6.45, 7) is 2.56. The highest BCUT2D eigenvalue weighted by atomic mass is 35.5. The first-order chi connectivity index (χ1) is 10.0. The molecule has 0 fully saturated rings. The average Bonchev–Trinajstić information content (AvgIpc) is 2.83. The lowest BCUT2D eigenvalue weighted by Crippen LogP contribution is -2.31. The first-order valence-electron chi connectivity index (χ1n) is 6.30. The number of aromatic nitrogens is 2. The Hall–Kier alpha value is -1.34. The van der Waals surface area contributed by atoms with Crippen molar-refractivity contribution in [1.82, 2.24) is 15.5 Å². The molecule has 0 bridgehead atoms. The number of ether oxygens (including phenoxy) is 1. The Kier molecular flexibility index (Phi) is 5.81. The predicted octanol–water partition coefficient (Wildman–Crippen LogP) is 2.21. The van der Waals surface area contributed by atoms with Gasteiger partial charge in [-0.2, -0.15) is 4.98 Å². The topological polar surface area (TPSA) is 80.4 Å². The van der Waals surface area contributed by atoms with Crippen molar-refractivity contribution < 1.29 is 14.4 Å². The lowest BCUT2D eigenvalue weighted by atomic mass is 10.3. The molecule has 0 saturated heterocycles. The van der Waals surface area contributed by atoms with Gasteiger partial charge in [-0.25, -0.2) is 0 Å². The number of benzene rings is 1. The molecule has 2 rings (SSSR count). The third-order valence-corrected chi connectivity index (χ3v) is 3.08. The van der Waals surface area contributed by atoms with Gasteiger partial charge in [-0.1, -0.05) is 28.4 Å². The summed E-state index contributed by atoms with van der Waals surface area (Å²) in [5.74, 6) is 1.53. The predicted molar refractivity (Wildman–Crippen MR) is 78.7 cm³/mol. The van der Waals surface area contributed by atoms with Crippen LogP contribution in [0.15, 0.2) is 22.7 Å². The average molecular weight is 332 g/mol. The fourth-order valence-corrected chi connectivity index (χ4v) is 2.06. The summed E-state index contributed by atoms with van der Waals surface area (Å²) >= 11 is 11.8. The second-order valence-corrected chi connectivity index (χ2v) is 5.25. The maximum Gasteiger partial charge on any atom is 0.240 e. The molecule has 8 heteroatoms. The van der Waals surface area contributed by atoms with E-state index in [-0.39, 0.29) is 6.61 Å². The highest BCUT2D eigenvalue weighted by Gasteiger charge is 2.09. The fraction of sp³-hybridized carbons (Fsp3) is 0.385. The summed E-state index contributed by atoms with van der Waals surface area (Å²) in [6.07, 6.45) is -0.694. The second-order valence-electron chi connectivity index (χ2n) is 4.41. The number of aliphatic hydroxyl groups is 1. The highest BCUT2D eigenvalue weighted by Crippen LogP contribution is 2.27. The number of halogens is 2. The molecule has 0 radical (unpaired) electrons. The fourth-order valence-electron chi connectivity index (χ4n) is 1.59. The van der Waals surface area contributed by atoms with Gasteiger partial charge in [0.2, 0.25) is 5.89 Å². The minimum atomic E-state index is -0.694. The van der Waals surface area contributed by atoms with E-state index in [1.165, 1.54) is 0 Å². The molecular weight excluding hydrogens is 317 g/mol. The Labute approximate surface area is 132 Å². The first-order valence-corrected chi connectivity index (χ1v) is 7.06. The van der Waals surface area contributed by atoms with Crippen molar-refractivity contribution in [2.45, 2.75) is 19.6 Å². The molecule has 1 aromatic carbocycles. The zero-order valence-corrected chi connectivity index (χ0v) is 12.9. The van der Waals surface area contributed by atoms with Gasteiger partial charge in [0.25, 0.3) is 0 Å². The van der Waals surface area contributed by atoms with Crippen molar-refractivity contribution in [2.75, 3.05) is 13.2 Å². The van der Waals surface area contributed by atoms with E-state index < -0.39 is 6.10 Å². The molecule has 1 aromatic heterocycles. The number of hydrogen-bond donors (Lipinski definition) is 2. The van der Waals surface area contributed by atoms with E-state index in [4.69, 9.17) is 32.5 Å². The minimum Gasteiger partial charge on any atom is -0.489 e. The van der Waals surface area contributed by atoms with Gasteiger partial charge in [0.15, 0.2) is 5.82 Å². The van der Waals surface area contributed by atoms with Gasteiger partial charge in [-0.3, -0.25) is 0 Å². The molecule has 6 nitrogen and oxygen atoms in total. The van der Waals surface area contributed by atoms with E-state index in [2.05, 4.69) is 15.5 Å². The Morgan fingerprint density at radius 3 is 2.90 bits per heavy atom. The number of rotatable bonds is 7. The van der Waals surface area contributed by atoms with Gasteiger partial charge in [-0.15, -0.1) is 0 Å². The third-order valence-electron chi connectivity index (χ3n) is 2.55. The van der Waals surface area contributed by atoms with Crippen molar-refractivity contribution in [3.63, 3.8) is 0 Å². The molecule has 21 heavy (non-hydrogen) atoms. The van der Waals surface area contributed by atoms with Crippen molar-refractivity contribution in [1.29, 1.82) is 0 Å². The van der Waals surface area contributed by atoms with Crippen LogP contribution in [-0.4, -0.2) is 34.5 Å². The van der Waals surface area contributed by atoms with Crippen LogP contribution in [0.25, 0.3) is 0 Å². The molecule has 1 heterocycles. The summed E-state index contributed by atoms with van der Waals surface area (Å²) in [4.78, 5) is 4.04. The number of nitrogens with zero attached hydrogens (tertiary/aromatic N) is 2. The number of aryl methyl sites for hydroxylation is 1. The van der Waals surface area contributed by atoms with Crippen molar-refractivity contribution in [2.24, 2.45) is 0 Å². The molecule has 2 aromatic rings. The summed E-state index contributed by atoms with van der Waals surface area (Å²) < 4.78 is 10.4. The standard InChI is InChI=1S/C13H15Cl2N3O3/c1-8-17-13(21-18-8)6-16-5-10(19)7-20-12-3-2-9(14)4-11(12)15/h2-4,10,16,19H,5-7H2,1H3. The molecule has 0 aliphatic carbocycles. The van der Waals surface area contributed by atoms with Gasteiger partial charge < -0.3 is 19.7 Å². The van der Waals surface area contributed by atoms with Crippen LogP contribution in [0.4, 0.5) is 0 Å². The monoisotopic (exact) mass is 331 g/mol.